The van der Waals surface area contributed by atoms with Gasteiger partial charge in [-0.25, -0.2) is 8.42 Å². The van der Waals surface area contributed by atoms with E-state index in [2.05, 4.69) is 13.5 Å². The molecule has 1 unspecified atom stereocenters. The fourth-order valence-electron chi connectivity index (χ4n) is 3.93. The van der Waals surface area contributed by atoms with Crippen molar-refractivity contribution in [2.75, 3.05) is 5.73 Å². The second kappa shape index (κ2) is 20.0. The van der Waals surface area contributed by atoms with Crippen LogP contribution in [0.2, 0.25) is 0 Å². The van der Waals surface area contributed by atoms with Crippen LogP contribution in [0.25, 0.3) is 0 Å². The monoisotopic (exact) mass is 565 g/mol. The summed E-state index contributed by atoms with van der Waals surface area (Å²) in [6.07, 6.45) is 18.8. The molecule has 0 fully saturated rings. The van der Waals surface area contributed by atoms with Gasteiger partial charge in [0.05, 0.1) is 4.90 Å². The van der Waals surface area contributed by atoms with E-state index >= 15 is 0 Å². The standard InChI is InChI=1S/C26H43NO3S.4H2O.Ti/c1-3-5-6-7-8-9-10-11-12-13-14-15-16-17-18-26(25(28)4-2)31(29,30)24-21-19-23(27)20-22-24;;;;;/h4,19-22,26H,2-3,5-18,27H2,1H3;4*1H2;/q;;;;;+4/p-4. The maximum absolute atomic E-state index is 12.9. The Morgan fingerprint density at radius 1 is 0.833 bits per heavy atom. The molecular weight excluding hydrogens is 518 g/mol. The van der Waals surface area contributed by atoms with Crippen molar-refractivity contribution < 1.29 is 46.1 Å². The van der Waals surface area contributed by atoms with Gasteiger partial charge in [0, 0.05) is 5.69 Å². The van der Waals surface area contributed by atoms with E-state index in [1.165, 1.54) is 82.8 Å². The van der Waals surface area contributed by atoms with E-state index in [0.29, 0.717) is 12.1 Å². The third-order valence-corrected chi connectivity index (χ3v) is 8.07. The summed E-state index contributed by atoms with van der Waals surface area (Å²) >= 11 is -5.00. The molecule has 208 valence electrons. The molecule has 0 aliphatic rings. The fraction of sp³-hybridized carbons (Fsp3) is 0.654. The molecule has 0 saturated heterocycles. The van der Waals surface area contributed by atoms with Gasteiger partial charge in [0.2, 0.25) is 0 Å². The van der Waals surface area contributed by atoms with Gasteiger partial charge < -0.3 is 5.73 Å². The Bertz CT molecular complexity index is 818. The van der Waals surface area contributed by atoms with Crippen LogP contribution in [0, 0.1) is 0 Å². The Kier molecular flexibility index (Phi) is 19.4. The molecule has 0 aliphatic heterocycles. The number of benzene rings is 1. The molecule has 1 rings (SSSR count). The Labute approximate surface area is 222 Å². The molecule has 36 heavy (non-hydrogen) atoms. The van der Waals surface area contributed by atoms with Crippen molar-refractivity contribution in [2.45, 2.75) is 113 Å². The molecule has 0 spiro atoms. The van der Waals surface area contributed by atoms with Gasteiger partial charge in [-0.05, 0) is 36.8 Å². The fourth-order valence-corrected chi connectivity index (χ4v) is 5.65. The molecule has 0 aliphatic carbocycles. The van der Waals surface area contributed by atoms with Crippen LogP contribution in [0.4, 0.5) is 5.69 Å². The Hall–Kier alpha value is -1.07. The van der Waals surface area contributed by atoms with Crippen LogP contribution in [0.15, 0.2) is 41.8 Å². The zero-order valence-corrected chi connectivity index (χ0v) is 24.2. The van der Waals surface area contributed by atoms with Gasteiger partial charge in [-0.3, -0.25) is 4.79 Å². The number of nitrogen functional groups attached to an aromatic ring is 1. The quantitative estimate of drug-likeness (QED) is 0.0692. The zero-order chi connectivity index (χ0) is 27.5. The molecule has 0 amide bonds. The second-order valence-corrected chi connectivity index (χ2v) is 13.2. The van der Waals surface area contributed by atoms with Crippen molar-refractivity contribution in [3.8, 4) is 0 Å². The van der Waals surface area contributed by atoms with Crippen LogP contribution in [0.1, 0.15) is 103 Å². The van der Waals surface area contributed by atoms with Crippen molar-refractivity contribution in [1.29, 1.82) is 0 Å². The number of ketones is 1. The molecule has 0 aromatic heterocycles. The minimum atomic E-state index is -5.00. The summed E-state index contributed by atoms with van der Waals surface area (Å²) in [5, 5.41) is -1.05. The molecule has 6 N–H and O–H groups in total. The topological polar surface area (TPSA) is 158 Å². The summed E-state index contributed by atoms with van der Waals surface area (Å²) in [5.41, 5.74) is 6.15. The van der Waals surface area contributed by atoms with Gasteiger partial charge in [-0.15, -0.1) is 0 Å². The van der Waals surface area contributed by atoms with Crippen molar-refractivity contribution in [2.24, 2.45) is 0 Å². The predicted octanol–water partition coefficient (Wildman–Crippen LogP) is 4.81. The first-order valence-electron chi connectivity index (χ1n) is 13.1. The predicted molar refractivity (Wildman–Crippen MR) is 141 cm³/mol. The SMILES string of the molecule is C=CC(=O)C(CCCCCCCCCCCCCCCC)S(=O)(=O)c1ccc(N)cc1.[OH][Ti]([OH])([OH])[OH]. The molecule has 0 saturated carbocycles. The van der Waals surface area contributed by atoms with Gasteiger partial charge in [-0.2, -0.15) is 0 Å². The van der Waals surface area contributed by atoms with Crippen molar-refractivity contribution in [3.05, 3.63) is 36.9 Å². The van der Waals surface area contributed by atoms with E-state index in [-0.39, 0.29) is 4.90 Å². The van der Waals surface area contributed by atoms with E-state index in [4.69, 9.17) is 20.5 Å². The van der Waals surface area contributed by atoms with Crippen LogP contribution in [-0.2, 0) is 32.8 Å². The van der Waals surface area contributed by atoms with Gasteiger partial charge in [0.1, 0.15) is 5.25 Å². The van der Waals surface area contributed by atoms with Crippen molar-refractivity contribution >= 4 is 21.3 Å². The van der Waals surface area contributed by atoms with E-state index in [1.807, 2.05) is 0 Å². The number of carbonyl (C=O) groups excluding carboxylic acids is 1. The van der Waals surface area contributed by atoms with Crippen LogP contribution in [0.3, 0.4) is 0 Å². The van der Waals surface area contributed by atoms with Crippen LogP contribution >= 0.6 is 0 Å². The third-order valence-electron chi connectivity index (χ3n) is 5.92. The second-order valence-electron chi connectivity index (χ2n) is 9.19. The maximum atomic E-state index is 12.9. The third kappa shape index (κ3) is 18.2. The van der Waals surface area contributed by atoms with E-state index in [1.54, 1.807) is 12.1 Å². The summed E-state index contributed by atoms with van der Waals surface area (Å²) < 4.78 is 55.3. The number of rotatable bonds is 19. The molecule has 0 heterocycles. The number of nitrogens with two attached hydrogens (primary N) is 1. The van der Waals surface area contributed by atoms with E-state index in [9.17, 15) is 13.2 Å². The van der Waals surface area contributed by atoms with E-state index in [0.717, 1.165) is 25.3 Å². The van der Waals surface area contributed by atoms with Crippen molar-refractivity contribution in [1.82, 2.24) is 0 Å². The first-order valence-corrected chi connectivity index (χ1v) is 17.4. The summed E-state index contributed by atoms with van der Waals surface area (Å²) in [6.45, 7) is 5.74. The number of anilines is 1. The van der Waals surface area contributed by atoms with Gasteiger partial charge in [0.15, 0.2) is 15.6 Å². The summed E-state index contributed by atoms with van der Waals surface area (Å²) in [7, 11) is -3.72. The molecular formula is C26H47NO7STi. The van der Waals surface area contributed by atoms with Gasteiger partial charge >= 0.3 is 32.9 Å². The van der Waals surface area contributed by atoms with Gasteiger partial charge in [-0.1, -0.05) is 103 Å². The first-order chi connectivity index (χ1) is 16.9. The number of allylic oxidation sites excluding steroid dienone is 1. The molecule has 10 heteroatoms. The Morgan fingerprint density at radius 3 is 1.56 bits per heavy atom. The summed E-state index contributed by atoms with van der Waals surface area (Å²) in [4.78, 5) is 12.4. The normalized spacial score (nSPS) is 12.5. The molecule has 0 radical (unpaired) electrons. The number of sulfone groups is 1. The number of unbranched alkanes of at least 4 members (excludes halogenated alkanes) is 13. The van der Waals surface area contributed by atoms with E-state index < -0.39 is 39.0 Å². The molecule has 8 nitrogen and oxygen atoms in total. The first kappa shape index (κ1) is 34.9. The van der Waals surface area contributed by atoms with Gasteiger partial charge in [0.25, 0.3) is 0 Å². The minimum absolute atomic E-state index is 0.146. The molecule has 1 aromatic carbocycles. The number of hydrogen-bond donors (Lipinski definition) is 5. The average Bonchev–Trinajstić information content (AvgIpc) is 2.80. The van der Waals surface area contributed by atoms with Crippen LogP contribution in [-0.4, -0.2) is 34.2 Å². The van der Waals surface area contributed by atoms with Crippen LogP contribution in [0.5, 0.6) is 0 Å². The summed E-state index contributed by atoms with van der Waals surface area (Å²) in [6, 6.07) is 6.04. The van der Waals surface area contributed by atoms with Crippen LogP contribution < -0.4 is 5.73 Å². The van der Waals surface area contributed by atoms with Crippen molar-refractivity contribution in [3.63, 3.8) is 0 Å². The average molecular weight is 566 g/mol. The number of carbonyl (C=O) groups is 1. The molecule has 0 bridgehead atoms. The molecule has 1 aromatic rings. The Morgan fingerprint density at radius 2 is 1.19 bits per heavy atom. The molecule has 1 atom stereocenters. The Balaban J connectivity index is 0.00000222. The summed E-state index contributed by atoms with van der Waals surface area (Å²) in [5.74, 6) is -0.425. The number of hydrogen-bond acceptors (Lipinski definition) is 8. The zero-order valence-electron chi connectivity index (χ0n) is 21.8.